The number of phenols is 1. The Morgan fingerprint density at radius 1 is 0.818 bits per heavy atom. The summed E-state index contributed by atoms with van der Waals surface area (Å²) in [5.41, 5.74) is 3.21. The molecule has 0 heterocycles. The lowest BCUT2D eigenvalue weighted by Crippen LogP contribution is -2.00. The highest BCUT2D eigenvalue weighted by Crippen LogP contribution is 2.23. The van der Waals surface area contributed by atoms with Crippen molar-refractivity contribution in [3.63, 3.8) is 0 Å². The fourth-order valence-electron chi connectivity index (χ4n) is 2.46. The van der Waals surface area contributed by atoms with E-state index in [0.29, 0.717) is 18.2 Å². The minimum atomic E-state index is 0.321. The number of para-hydroxylation sites is 1. The maximum atomic E-state index is 9.77. The van der Waals surface area contributed by atoms with Gasteiger partial charge in [0.1, 0.15) is 5.75 Å². The van der Waals surface area contributed by atoms with Gasteiger partial charge in [-0.1, -0.05) is 66.8 Å². The summed E-state index contributed by atoms with van der Waals surface area (Å²) in [6.07, 6.45) is 12.6. The summed E-state index contributed by atoms with van der Waals surface area (Å²) in [6.45, 7) is 0.610. The van der Waals surface area contributed by atoms with E-state index in [1.807, 2.05) is 30.4 Å². The van der Waals surface area contributed by atoms with Crippen LogP contribution >= 0.6 is 0 Å². The maximum Gasteiger partial charge on any atom is 0.120 e. The number of nitrogens with one attached hydrogen (secondary N) is 1. The van der Waals surface area contributed by atoms with Gasteiger partial charge in [0.05, 0.1) is 0 Å². The monoisotopic (exact) mass is 289 g/mol. The minimum Gasteiger partial charge on any atom is -0.508 e. The van der Waals surface area contributed by atoms with E-state index in [0.717, 1.165) is 11.3 Å². The molecule has 0 saturated heterocycles. The quantitative estimate of drug-likeness (QED) is 0.849. The molecule has 110 valence electrons. The van der Waals surface area contributed by atoms with Gasteiger partial charge < -0.3 is 10.4 Å². The van der Waals surface area contributed by atoms with Crippen LogP contribution in [0, 0.1) is 0 Å². The third kappa shape index (κ3) is 3.47. The van der Waals surface area contributed by atoms with E-state index in [4.69, 9.17) is 0 Å². The van der Waals surface area contributed by atoms with E-state index in [1.165, 1.54) is 5.56 Å². The molecule has 22 heavy (non-hydrogen) atoms. The molecule has 0 amide bonds. The number of allylic oxidation sites excluding steroid dienone is 6. The van der Waals surface area contributed by atoms with Gasteiger partial charge in [-0.3, -0.25) is 0 Å². The number of benzene rings is 2. The average Bonchev–Trinajstić information content (AvgIpc) is 2.84. The van der Waals surface area contributed by atoms with Crippen LogP contribution in [0.1, 0.15) is 17.0 Å². The average molecular weight is 289 g/mol. The molecule has 1 aliphatic rings. The molecule has 2 nitrogen and oxygen atoms in total. The number of anilines is 1. The molecule has 0 radical (unpaired) electrons. The van der Waals surface area contributed by atoms with Crippen molar-refractivity contribution in [3.8, 4) is 5.75 Å². The second-order valence-electron chi connectivity index (χ2n) is 5.28. The first-order valence-electron chi connectivity index (χ1n) is 7.45. The molecule has 0 aromatic heterocycles. The summed E-state index contributed by atoms with van der Waals surface area (Å²) in [5, 5.41) is 13.1. The van der Waals surface area contributed by atoms with Gasteiger partial charge in [-0.25, -0.2) is 0 Å². The van der Waals surface area contributed by atoms with Gasteiger partial charge in [0.25, 0.3) is 0 Å². The molecule has 0 aliphatic heterocycles. The van der Waals surface area contributed by atoms with Crippen LogP contribution in [0.5, 0.6) is 5.75 Å². The van der Waals surface area contributed by atoms with Crippen molar-refractivity contribution in [3.05, 3.63) is 96.1 Å². The molecule has 0 fully saturated rings. The van der Waals surface area contributed by atoms with E-state index in [-0.39, 0.29) is 0 Å². The summed E-state index contributed by atoms with van der Waals surface area (Å²) in [7, 11) is 0. The van der Waals surface area contributed by atoms with Crippen molar-refractivity contribution in [2.24, 2.45) is 0 Å². The summed E-state index contributed by atoms with van der Waals surface area (Å²) < 4.78 is 0. The molecule has 3 rings (SSSR count). The first-order valence-corrected chi connectivity index (χ1v) is 7.45. The lowest BCUT2D eigenvalue weighted by Gasteiger charge is -2.11. The van der Waals surface area contributed by atoms with Crippen LogP contribution in [-0.4, -0.2) is 5.11 Å². The predicted octanol–water partition coefficient (Wildman–Crippen LogP) is 4.77. The van der Waals surface area contributed by atoms with Gasteiger partial charge in [0.15, 0.2) is 0 Å². The molecule has 0 saturated carbocycles. The summed E-state index contributed by atoms with van der Waals surface area (Å²) in [4.78, 5) is 0. The first-order chi connectivity index (χ1) is 10.8. The molecule has 0 spiro atoms. The smallest absolute Gasteiger partial charge is 0.120 e. The molecule has 0 atom stereocenters. The van der Waals surface area contributed by atoms with Crippen molar-refractivity contribution >= 4 is 5.69 Å². The summed E-state index contributed by atoms with van der Waals surface area (Å²) in [5.74, 6) is 0.648. The van der Waals surface area contributed by atoms with E-state index >= 15 is 0 Å². The molecular formula is C20H19NO. The van der Waals surface area contributed by atoms with E-state index in [9.17, 15) is 5.11 Å². The zero-order valence-electron chi connectivity index (χ0n) is 12.3. The lowest BCUT2D eigenvalue weighted by atomic mass is 9.98. The highest BCUT2D eigenvalue weighted by Gasteiger charge is 2.05. The second kappa shape index (κ2) is 6.81. The van der Waals surface area contributed by atoms with Crippen LogP contribution in [0.2, 0.25) is 0 Å². The molecule has 2 N–H and O–H groups in total. The Hall–Kier alpha value is -2.74. The van der Waals surface area contributed by atoms with Crippen LogP contribution in [-0.2, 0) is 6.54 Å². The van der Waals surface area contributed by atoms with Crippen LogP contribution < -0.4 is 5.32 Å². The Balaban J connectivity index is 1.66. The summed E-state index contributed by atoms with van der Waals surface area (Å²) >= 11 is 0. The fraction of sp³-hybridized carbons (Fsp3) is 0.100. The van der Waals surface area contributed by atoms with Crippen LogP contribution in [0.4, 0.5) is 5.69 Å². The number of phenolic OH excluding ortho intramolecular Hbond substituents is 1. The molecule has 1 aliphatic carbocycles. The fourth-order valence-corrected chi connectivity index (χ4v) is 2.46. The SMILES string of the molecule is Oc1ccccc1CNc1ccc(C2C=CC=CC=C2)cc1. The maximum absolute atomic E-state index is 9.77. The van der Waals surface area contributed by atoms with Crippen molar-refractivity contribution < 1.29 is 5.11 Å². The number of hydrogen-bond acceptors (Lipinski definition) is 2. The van der Waals surface area contributed by atoms with Gasteiger partial charge in [-0.05, 0) is 23.8 Å². The lowest BCUT2D eigenvalue weighted by molar-refractivity contribution is 0.469. The molecule has 0 bridgehead atoms. The third-order valence-corrected chi connectivity index (χ3v) is 3.74. The van der Waals surface area contributed by atoms with E-state index in [2.05, 4.69) is 53.9 Å². The van der Waals surface area contributed by atoms with Crippen molar-refractivity contribution in [1.82, 2.24) is 0 Å². The van der Waals surface area contributed by atoms with Gasteiger partial charge in [-0.15, -0.1) is 0 Å². The molecule has 2 heteroatoms. The largest absolute Gasteiger partial charge is 0.508 e. The van der Waals surface area contributed by atoms with E-state index < -0.39 is 0 Å². The molecule has 2 aromatic rings. The van der Waals surface area contributed by atoms with Crippen LogP contribution in [0.15, 0.2) is 85.0 Å². The third-order valence-electron chi connectivity index (χ3n) is 3.74. The topological polar surface area (TPSA) is 32.3 Å². The highest BCUT2D eigenvalue weighted by molar-refractivity contribution is 5.48. The Labute approximate surface area is 131 Å². The predicted molar refractivity (Wildman–Crippen MR) is 92.0 cm³/mol. The van der Waals surface area contributed by atoms with Gasteiger partial charge in [0, 0.05) is 23.7 Å². The molecular weight excluding hydrogens is 270 g/mol. The van der Waals surface area contributed by atoms with Crippen LogP contribution in [0.25, 0.3) is 0 Å². The Morgan fingerprint density at radius 2 is 1.50 bits per heavy atom. The van der Waals surface area contributed by atoms with Gasteiger partial charge in [-0.2, -0.15) is 0 Å². The standard InChI is InChI=1S/C20H19NO/c22-20-10-6-5-9-18(20)15-21-19-13-11-17(12-14-19)16-7-3-1-2-4-8-16/h1-14,16,21-22H,15H2. The Bertz CT molecular complexity index is 695. The van der Waals surface area contributed by atoms with E-state index in [1.54, 1.807) is 6.07 Å². The van der Waals surface area contributed by atoms with Crippen molar-refractivity contribution in [2.45, 2.75) is 12.5 Å². The number of aromatic hydroxyl groups is 1. The van der Waals surface area contributed by atoms with Crippen molar-refractivity contribution in [1.29, 1.82) is 0 Å². The van der Waals surface area contributed by atoms with Gasteiger partial charge in [0.2, 0.25) is 0 Å². The Kier molecular flexibility index (Phi) is 4.40. The normalized spacial score (nSPS) is 14.0. The molecule has 0 unspecified atom stereocenters. The zero-order valence-corrected chi connectivity index (χ0v) is 12.3. The number of hydrogen-bond donors (Lipinski definition) is 2. The number of rotatable bonds is 4. The Morgan fingerprint density at radius 3 is 2.18 bits per heavy atom. The summed E-state index contributed by atoms with van der Waals surface area (Å²) in [6, 6.07) is 15.8. The van der Waals surface area contributed by atoms with Gasteiger partial charge >= 0.3 is 0 Å². The minimum absolute atomic E-state index is 0.321. The van der Waals surface area contributed by atoms with Crippen molar-refractivity contribution in [2.75, 3.05) is 5.32 Å². The highest BCUT2D eigenvalue weighted by atomic mass is 16.3. The van der Waals surface area contributed by atoms with Crippen LogP contribution in [0.3, 0.4) is 0 Å². The second-order valence-corrected chi connectivity index (χ2v) is 5.28. The zero-order chi connectivity index (χ0) is 15.2. The molecule has 2 aromatic carbocycles. The first kappa shape index (κ1) is 14.2.